The van der Waals surface area contributed by atoms with Gasteiger partial charge in [-0.2, -0.15) is 0 Å². The molecule has 0 saturated carbocycles. The minimum atomic E-state index is -0.0892. The summed E-state index contributed by atoms with van der Waals surface area (Å²) in [6.07, 6.45) is 1.94. The predicted octanol–water partition coefficient (Wildman–Crippen LogP) is 18.0. The molecule has 17 rings (SSSR count). The van der Waals surface area contributed by atoms with Crippen LogP contribution >= 0.6 is 0 Å². The minimum absolute atomic E-state index is 0.00271. The van der Waals surface area contributed by atoms with Crippen LogP contribution in [0.1, 0.15) is 147 Å². The SMILES string of the molecule is CC(C)(C)c1ccnc(-n2c3ccccc3c3ccc(Oc4cccc(N5CN(c6cc(C(C)(C)C)cc7c6C6c8cc(C(C)(C)C)ccc8C7C7c8ccccc8C6c6ccccc67)c6ccccc65)c4)cc32)c1. The Labute approximate surface area is 442 Å². The second-order valence-electron chi connectivity index (χ2n) is 24.8. The summed E-state index contributed by atoms with van der Waals surface area (Å²) < 4.78 is 9.20. The Bertz CT molecular complexity index is 3920. The second kappa shape index (κ2) is 16.3. The summed E-state index contributed by atoms with van der Waals surface area (Å²) in [5, 5.41) is 2.36. The number of hydrogen-bond donors (Lipinski definition) is 0. The summed E-state index contributed by atoms with van der Waals surface area (Å²) in [5.74, 6) is 3.02. The molecule has 3 heterocycles. The number of pyridine rings is 1. The molecule has 0 spiro atoms. The van der Waals surface area contributed by atoms with Gasteiger partial charge in [-0.15, -0.1) is 0 Å². The molecule has 0 N–H and O–H groups in total. The summed E-state index contributed by atoms with van der Waals surface area (Å²) in [7, 11) is 0. The molecule has 2 atom stereocenters. The van der Waals surface area contributed by atoms with E-state index in [1.54, 1.807) is 0 Å². The van der Waals surface area contributed by atoms with E-state index < -0.39 is 0 Å². The highest BCUT2D eigenvalue weighted by atomic mass is 16.5. The summed E-state index contributed by atoms with van der Waals surface area (Å²) in [6, 6.07) is 68.8. The first kappa shape index (κ1) is 45.7. The number of para-hydroxylation sites is 3. The molecule has 0 fully saturated rings. The molecule has 0 saturated heterocycles. The molecule has 6 aliphatic carbocycles. The van der Waals surface area contributed by atoms with Gasteiger partial charge in [0.15, 0.2) is 0 Å². The molecular weight excluding hydrogens is 913 g/mol. The van der Waals surface area contributed by atoms with Crippen LogP contribution in [0.15, 0.2) is 188 Å². The molecule has 370 valence electrons. The monoisotopic (exact) mass is 977 g/mol. The van der Waals surface area contributed by atoms with Gasteiger partial charge in [0, 0.05) is 64.1 Å². The number of rotatable bonds is 5. The number of nitrogens with zero attached hydrogens (tertiary/aromatic N) is 4. The zero-order chi connectivity index (χ0) is 51.3. The average molecular weight is 977 g/mol. The number of hydrogen-bond acceptors (Lipinski definition) is 4. The molecule has 1 aliphatic heterocycles. The molecule has 10 aromatic rings. The van der Waals surface area contributed by atoms with E-state index in [2.05, 4.69) is 259 Å². The maximum absolute atomic E-state index is 6.92. The molecule has 0 amide bonds. The van der Waals surface area contributed by atoms with Crippen molar-refractivity contribution in [1.29, 1.82) is 0 Å². The lowest BCUT2D eigenvalue weighted by molar-refractivity contribution is 0.483. The summed E-state index contributed by atoms with van der Waals surface area (Å²) in [5.41, 5.74) is 22.8. The van der Waals surface area contributed by atoms with E-state index in [4.69, 9.17) is 9.72 Å². The van der Waals surface area contributed by atoms with Gasteiger partial charge in [0.2, 0.25) is 0 Å². The minimum Gasteiger partial charge on any atom is -0.457 e. The van der Waals surface area contributed by atoms with Crippen molar-refractivity contribution in [3.05, 3.63) is 249 Å². The molecule has 0 radical (unpaired) electrons. The molecule has 75 heavy (non-hydrogen) atoms. The van der Waals surface area contributed by atoms with Gasteiger partial charge in [0.05, 0.1) is 22.4 Å². The van der Waals surface area contributed by atoms with Crippen molar-refractivity contribution in [2.45, 2.75) is 102 Å². The molecule has 4 bridgehead atoms. The van der Waals surface area contributed by atoms with E-state index >= 15 is 0 Å². The highest BCUT2D eigenvalue weighted by molar-refractivity contribution is 6.09. The van der Waals surface area contributed by atoms with Crippen LogP contribution in [0, 0.1) is 0 Å². The molecule has 8 aromatic carbocycles. The van der Waals surface area contributed by atoms with Crippen LogP contribution < -0.4 is 14.5 Å². The third kappa shape index (κ3) is 7.07. The van der Waals surface area contributed by atoms with Crippen molar-refractivity contribution < 1.29 is 4.74 Å². The molecular formula is C70H64N4O. The Kier molecular flexibility index (Phi) is 9.94. The number of benzene rings is 8. The first-order valence-corrected chi connectivity index (χ1v) is 27.0. The van der Waals surface area contributed by atoms with Gasteiger partial charge < -0.3 is 14.5 Å². The second-order valence-corrected chi connectivity index (χ2v) is 24.8. The lowest BCUT2D eigenvalue weighted by Gasteiger charge is -2.51. The van der Waals surface area contributed by atoms with Crippen LogP contribution in [-0.2, 0) is 16.2 Å². The standard InChI is InChI=1S/C70H64N4O/c1-68(2,3)42-29-31-54-55(35-42)67-64-52-24-12-10-22-50(52)63(51-23-11-13-25-53(51)64)65(54)56-36-44(70(7,8)9)37-61(66(56)67)73-41-72(58-27-16-17-28-59(58)73)45-19-18-20-46(39-45)75-47-30-32-49-48-21-14-15-26-57(48)74(60(49)40-47)62-38-43(33-34-71-62)69(4,5)6/h10-40,63-65,67H,41H2,1-9H3. The zero-order valence-corrected chi connectivity index (χ0v) is 44.6. The molecule has 7 aliphatic rings. The van der Waals surface area contributed by atoms with Crippen molar-refractivity contribution >= 4 is 44.6 Å². The predicted molar refractivity (Wildman–Crippen MR) is 310 cm³/mol. The van der Waals surface area contributed by atoms with E-state index in [1.165, 1.54) is 89.0 Å². The lowest BCUT2D eigenvalue weighted by Crippen LogP contribution is -2.37. The van der Waals surface area contributed by atoms with Gasteiger partial charge in [0.1, 0.15) is 24.0 Å². The van der Waals surface area contributed by atoms with Crippen LogP contribution in [0.25, 0.3) is 27.6 Å². The highest BCUT2D eigenvalue weighted by Crippen LogP contribution is 2.66. The van der Waals surface area contributed by atoms with E-state index in [9.17, 15) is 0 Å². The highest BCUT2D eigenvalue weighted by Gasteiger charge is 2.52. The Hall–Kier alpha value is -7.89. The Morgan fingerprint density at radius 1 is 0.400 bits per heavy atom. The topological polar surface area (TPSA) is 33.5 Å². The van der Waals surface area contributed by atoms with Crippen LogP contribution in [-0.4, -0.2) is 16.2 Å². The molecule has 5 nitrogen and oxygen atoms in total. The summed E-state index contributed by atoms with van der Waals surface area (Å²) in [6.45, 7) is 21.7. The number of ether oxygens (including phenoxy) is 1. The van der Waals surface area contributed by atoms with Gasteiger partial charge >= 0.3 is 0 Å². The molecule has 2 unspecified atom stereocenters. The fourth-order valence-electron chi connectivity index (χ4n) is 13.5. The molecule has 2 aromatic heterocycles. The van der Waals surface area contributed by atoms with Crippen LogP contribution in [0.5, 0.6) is 11.5 Å². The number of anilines is 4. The first-order valence-electron chi connectivity index (χ1n) is 27.0. The Morgan fingerprint density at radius 3 is 1.65 bits per heavy atom. The number of fused-ring (bicyclic) bond motifs is 4. The summed E-state index contributed by atoms with van der Waals surface area (Å²) >= 11 is 0. The fraction of sp³-hybridized carbons (Fsp3) is 0.243. The third-order valence-corrected chi connectivity index (χ3v) is 17.2. The maximum Gasteiger partial charge on any atom is 0.137 e. The van der Waals surface area contributed by atoms with Gasteiger partial charge in [-0.25, -0.2) is 4.98 Å². The first-order chi connectivity index (χ1) is 36.1. The van der Waals surface area contributed by atoms with Crippen LogP contribution in [0.4, 0.5) is 22.7 Å². The average Bonchev–Trinajstić information content (AvgIpc) is 4.10. The maximum atomic E-state index is 6.92. The van der Waals surface area contributed by atoms with E-state index in [-0.39, 0.29) is 39.9 Å². The lowest BCUT2D eigenvalue weighted by atomic mass is 9.52. The van der Waals surface area contributed by atoms with Crippen molar-refractivity contribution in [3.8, 4) is 17.3 Å². The smallest absolute Gasteiger partial charge is 0.137 e. The van der Waals surface area contributed by atoms with Gasteiger partial charge in [-0.05, 0) is 138 Å². The molecule has 5 heteroatoms. The van der Waals surface area contributed by atoms with Crippen molar-refractivity contribution in [2.75, 3.05) is 16.5 Å². The van der Waals surface area contributed by atoms with Crippen LogP contribution in [0.2, 0.25) is 0 Å². The van der Waals surface area contributed by atoms with E-state index in [0.29, 0.717) is 6.67 Å². The summed E-state index contributed by atoms with van der Waals surface area (Å²) in [4.78, 5) is 10.1. The van der Waals surface area contributed by atoms with Gasteiger partial charge in [0.25, 0.3) is 0 Å². The number of aromatic nitrogens is 2. The Balaban J connectivity index is 0.900. The third-order valence-electron chi connectivity index (χ3n) is 17.2. The van der Waals surface area contributed by atoms with Gasteiger partial charge in [-0.3, -0.25) is 4.57 Å². The zero-order valence-electron chi connectivity index (χ0n) is 44.6. The quantitative estimate of drug-likeness (QED) is 0.172. The van der Waals surface area contributed by atoms with Gasteiger partial charge in [-0.1, -0.05) is 172 Å². The Morgan fingerprint density at radius 2 is 0.960 bits per heavy atom. The van der Waals surface area contributed by atoms with Crippen molar-refractivity contribution in [2.24, 2.45) is 0 Å². The van der Waals surface area contributed by atoms with Crippen molar-refractivity contribution in [1.82, 2.24) is 9.55 Å². The fourth-order valence-corrected chi connectivity index (χ4v) is 13.5. The largest absolute Gasteiger partial charge is 0.457 e. The van der Waals surface area contributed by atoms with E-state index in [0.717, 1.165) is 34.0 Å². The van der Waals surface area contributed by atoms with E-state index in [1.807, 2.05) is 6.20 Å². The van der Waals surface area contributed by atoms with Crippen LogP contribution in [0.3, 0.4) is 0 Å². The van der Waals surface area contributed by atoms with Crippen molar-refractivity contribution in [3.63, 3.8) is 0 Å². The normalized spacial score (nSPS) is 18.4.